The lowest BCUT2D eigenvalue weighted by molar-refractivity contribution is -0.140. The highest BCUT2D eigenvalue weighted by Gasteiger charge is 2.33. The first-order valence-electron chi connectivity index (χ1n) is 12.9. The molecule has 3 aromatic rings. The molecule has 3 aromatic carbocycles. The van der Waals surface area contributed by atoms with E-state index in [1.165, 1.54) is 4.90 Å². The maximum atomic E-state index is 14.0. The standard InChI is InChI=1S/C30H37N3O5S/c1-5-17-31-30(35)28(20-24-12-7-6-8-13-24)32(21-25-14-10-16-27(19-25)38-3)29(34)22-33(39(4,36)37)26-15-9-11-23(2)18-26/h6-16,18-19,28H,5,17,20-22H2,1-4H3,(H,31,35)/t28-/m1/s1. The molecule has 2 amide bonds. The highest BCUT2D eigenvalue weighted by atomic mass is 32.2. The molecule has 0 saturated carbocycles. The fourth-order valence-electron chi connectivity index (χ4n) is 4.28. The van der Waals surface area contributed by atoms with Crippen LogP contribution in [0, 0.1) is 6.92 Å². The summed E-state index contributed by atoms with van der Waals surface area (Å²) >= 11 is 0. The van der Waals surface area contributed by atoms with Crippen LogP contribution in [0.1, 0.15) is 30.0 Å². The number of amides is 2. The monoisotopic (exact) mass is 551 g/mol. The molecule has 0 aliphatic carbocycles. The zero-order valence-corrected chi connectivity index (χ0v) is 23.8. The number of ether oxygens (including phenoxy) is 1. The number of carbonyl (C=O) groups excluding carboxylic acids is 2. The zero-order valence-electron chi connectivity index (χ0n) is 23.0. The topological polar surface area (TPSA) is 96.0 Å². The Bertz CT molecular complexity index is 1360. The zero-order chi connectivity index (χ0) is 28.4. The van der Waals surface area contributed by atoms with E-state index in [9.17, 15) is 18.0 Å². The number of nitrogens with zero attached hydrogens (tertiary/aromatic N) is 2. The third-order valence-corrected chi connectivity index (χ3v) is 7.42. The third-order valence-electron chi connectivity index (χ3n) is 6.28. The fraction of sp³-hybridized carbons (Fsp3) is 0.333. The number of nitrogens with one attached hydrogen (secondary N) is 1. The minimum absolute atomic E-state index is 0.0957. The molecule has 1 N–H and O–H groups in total. The molecular weight excluding hydrogens is 514 g/mol. The van der Waals surface area contributed by atoms with Crippen LogP contribution in [0.5, 0.6) is 5.75 Å². The van der Waals surface area contributed by atoms with Gasteiger partial charge >= 0.3 is 0 Å². The summed E-state index contributed by atoms with van der Waals surface area (Å²) in [7, 11) is -2.24. The molecule has 0 radical (unpaired) electrons. The summed E-state index contributed by atoms with van der Waals surface area (Å²) in [4.78, 5) is 29.0. The summed E-state index contributed by atoms with van der Waals surface area (Å²) in [5.74, 6) is -0.164. The molecule has 9 heteroatoms. The van der Waals surface area contributed by atoms with Crippen molar-refractivity contribution in [3.05, 3.63) is 95.6 Å². The molecule has 0 unspecified atom stereocenters. The SMILES string of the molecule is CCCNC(=O)[C@@H](Cc1ccccc1)N(Cc1cccc(OC)c1)C(=O)CN(c1cccc(C)c1)S(C)(=O)=O. The third kappa shape index (κ3) is 8.58. The van der Waals surface area contributed by atoms with Crippen molar-refractivity contribution in [2.45, 2.75) is 39.3 Å². The number of hydrogen-bond acceptors (Lipinski definition) is 5. The van der Waals surface area contributed by atoms with Crippen LogP contribution in [0.4, 0.5) is 5.69 Å². The molecule has 8 nitrogen and oxygen atoms in total. The first-order valence-corrected chi connectivity index (χ1v) is 14.8. The van der Waals surface area contributed by atoms with Gasteiger partial charge in [0.15, 0.2) is 0 Å². The van der Waals surface area contributed by atoms with E-state index >= 15 is 0 Å². The number of rotatable bonds is 13. The first-order chi connectivity index (χ1) is 18.6. The van der Waals surface area contributed by atoms with Crippen LogP contribution >= 0.6 is 0 Å². The van der Waals surface area contributed by atoms with Gasteiger partial charge in [-0.25, -0.2) is 8.42 Å². The van der Waals surface area contributed by atoms with Crippen LogP contribution in [-0.4, -0.2) is 57.6 Å². The predicted molar refractivity (Wildman–Crippen MR) is 154 cm³/mol. The van der Waals surface area contributed by atoms with E-state index < -0.39 is 28.5 Å². The molecule has 39 heavy (non-hydrogen) atoms. The van der Waals surface area contributed by atoms with Crippen LogP contribution in [0.25, 0.3) is 0 Å². The average Bonchev–Trinajstić information content (AvgIpc) is 2.92. The van der Waals surface area contributed by atoms with Gasteiger partial charge in [-0.3, -0.25) is 13.9 Å². The summed E-state index contributed by atoms with van der Waals surface area (Å²) in [5, 5.41) is 2.93. The van der Waals surface area contributed by atoms with Crippen molar-refractivity contribution in [1.29, 1.82) is 0 Å². The molecule has 0 fully saturated rings. The number of aryl methyl sites for hydroxylation is 1. The molecule has 0 spiro atoms. The Morgan fingerprint density at radius 1 is 0.949 bits per heavy atom. The van der Waals surface area contributed by atoms with Gasteiger partial charge in [-0.2, -0.15) is 0 Å². The lowest BCUT2D eigenvalue weighted by Crippen LogP contribution is -2.53. The Morgan fingerprint density at radius 3 is 2.28 bits per heavy atom. The Labute approximate surface area is 231 Å². The van der Waals surface area contributed by atoms with E-state index in [1.54, 1.807) is 37.4 Å². The van der Waals surface area contributed by atoms with Gasteiger partial charge in [0, 0.05) is 19.5 Å². The minimum Gasteiger partial charge on any atom is -0.497 e. The van der Waals surface area contributed by atoms with Gasteiger partial charge in [-0.15, -0.1) is 0 Å². The molecule has 3 rings (SSSR count). The lowest BCUT2D eigenvalue weighted by atomic mass is 10.0. The van der Waals surface area contributed by atoms with E-state index in [4.69, 9.17) is 4.74 Å². The van der Waals surface area contributed by atoms with Gasteiger partial charge in [0.25, 0.3) is 0 Å². The number of methoxy groups -OCH3 is 1. The van der Waals surface area contributed by atoms with Crippen molar-refractivity contribution in [2.24, 2.45) is 0 Å². The molecule has 0 aliphatic heterocycles. The van der Waals surface area contributed by atoms with Crippen LogP contribution in [0.3, 0.4) is 0 Å². The van der Waals surface area contributed by atoms with Gasteiger partial charge in [-0.1, -0.05) is 61.5 Å². The van der Waals surface area contributed by atoms with Gasteiger partial charge < -0.3 is 15.0 Å². The maximum absolute atomic E-state index is 14.0. The lowest BCUT2D eigenvalue weighted by Gasteiger charge is -2.33. The summed E-state index contributed by atoms with van der Waals surface area (Å²) in [6.07, 6.45) is 2.09. The minimum atomic E-state index is -3.80. The highest BCUT2D eigenvalue weighted by molar-refractivity contribution is 7.92. The Balaban J connectivity index is 2.05. The van der Waals surface area contributed by atoms with Crippen LogP contribution in [0.15, 0.2) is 78.9 Å². The van der Waals surface area contributed by atoms with Gasteiger partial charge in [0.2, 0.25) is 21.8 Å². The summed E-state index contributed by atoms with van der Waals surface area (Å²) in [6.45, 7) is 3.92. The second-order valence-corrected chi connectivity index (χ2v) is 11.4. The summed E-state index contributed by atoms with van der Waals surface area (Å²) in [5.41, 5.74) is 2.90. The number of hydrogen-bond donors (Lipinski definition) is 1. The van der Waals surface area contributed by atoms with Gasteiger partial charge in [-0.05, 0) is 54.3 Å². The maximum Gasteiger partial charge on any atom is 0.244 e. The number of sulfonamides is 1. The second-order valence-electron chi connectivity index (χ2n) is 9.48. The second kappa shape index (κ2) is 13.8. The average molecular weight is 552 g/mol. The fourth-order valence-corrected chi connectivity index (χ4v) is 5.13. The quantitative estimate of drug-likeness (QED) is 0.347. The van der Waals surface area contributed by atoms with Crippen molar-refractivity contribution in [1.82, 2.24) is 10.2 Å². The molecular formula is C30H37N3O5S. The molecule has 1 atom stereocenters. The molecule has 0 heterocycles. The van der Waals surface area contributed by atoms with Crippen LogP contribution < -0.4 is 14.4 Å². The first kappa shape index (κ1) is 29.7. The highest BCUT2D eigenvalue weighted by Crippen LogP contribution is 2.22. The number of benzene rings is 3. The van der Waals surface area contributed by atoms with E-state index in [-0.39, 0.29) is 18.9 Å². The van der Waals surface area contributed by atoms with Gasteiger partial charge in [0.1, 0.15) is 18.3 Å². The molecule has 0 saturated heterocycles. The Kier molecular flexibility index (Phi) is 10.5. The van der Waals surface area contributed by atoms with Crippen LogP contribution in [-0.2, 0) is 32.6 Å². The van der Waals surface area contributed by atoms with Crippen molar-refractivity contribution in [3.63, 3.8) is 0 Å². The molecule has 0 bridgehead atoms. The molecule has 0 aromatic heterocycles. The van der Waals surface area contributed by atoms with E-state index in [1.807, 2.05) is 62.4 Å². The summed E-state index contributed by atoms with van der Waals surface area (Å²) in [6, 6.07) is 22.8. The van der Waals surface area contributed by atoms with E-state index in [0.717, 1.165) is 33.7 Å². The smallest absolute Gasteiger partial charge is 0.244 e. The van der Waals surface area contributed by atoms with E-state index in [0.29, 0.717) is 18.0 Å². The number of anilines is 1. The normalized spacial score (nSPS) is 11.9. The number of carbonyl (C=O) groups is 2. The predicted octanol–water partition coefficient (Wildman–Crippen LogP) is 3.94. The summed E-state index contributed by atoms with van der Waals surface area (Å²) < 4.78 is 32.1. The Morgan fingerprint density at radius 2 is 1.64 bits per heavy atom. The molecule has 208 valence electrons. The van der Waals surface area contributed by atoms with Crippen molar-refractivity contribution in [2.75, 3.05) is 30.8 Å². The van der Waals surface area contributed by atoms with Crippen molar-refractivity contribution in [3.8, 4) is 5.75 Å². The van der Waals surface area contributed by atoms with E-state index in [2.05, 4.69) is 5.32 Å². The van der Waals surface area contributed by atoms with Crippen molar-refractivity contribution >= 4 is 27.5 Å². The van der Waals surface area contributed by atoms with Gasteiger partial charge in [0.05, 0.1) is 19.1 Å². The Hall–Kier alpha value is -3.85. The largest absolute Gasteiger partial charge is 0.497 e. The molecule has 0 aliphatic rings. The van der Waals surface area contributed by atoms with Crippen molar-refractivity contribution < 1.29 is 22.7 Å². The van der Waals surface area contributed by atoms with Crippen LogP contribution in [0.2, 0.25) is 0 Å².